The summed E-state index contributed by atoms with van der Waals surface area (Å²) < 4.78 is 15.9. The standard InChI is InChI=1S/C17H18O5/c1-20-12-4-5-13(14(18)8-12)11-7-10-3-6-15(21-2)16(19)17(10)22-9-11/h3-6,8,11,18-19H,7,9H2,1-2H3/t11-/m0/s1. The Bertz CT molecular complexity index is 696. The van der Waals surface area contributed by atoms with Crippen LogP contribution in [0.25, 0.3) is 0 Å². The first-order valence-corrected chi connectivity index (χ1v) is 7.02. The number of fused-ring (bicyclic) bond motifs is 1. The first kappa shape index (κ1) is 14.4. The summed E-state index contributed by atoms with van der Waals surface area (Å²) in [5.74, 6) is 1.70. The van der Waals surface area contributed by atoms with Crippen molar-refractivity contribution in [2.75, 3.05) is 20.8 Å². The van der Waals surface area contributed by atoms with Gasteiger partial charge in [-0.3, -0.25) is 0 Å². The molecule has 0 spiro atoms. The van der Waals surface area contributed by atoms with Crippen molar-refractivity contribution in [2.45, 2.75) is 12.3 Å². The lowest BCUT2D eigenvalue weighted by Gasteiger charge is -2.27. The molecular weight excluding hydrogens is 284 g/mol. The van der Waals surface area contributed by atoms with Crippen LogP contribution in [0.2, 0.25) is 0 Å². The van der Waals surface area contributed by atoms with Crippen LogP contribution in [0.1, 0.15) is 17.0 Å². The van der Waals surface area contributed by atoms with Crippen LogP contribution in [-0.4, -0.2) is 31.0 Å². The number of aromatic hydroxyl groups is 2. The zero-order valence-electron chi connectivity index (χ0n) is 12.5. The van der Waals surface area contributed by atoms with Crippen LogP contribution in [0.5, 0.6) is 28.7 Å². The van der Waals surface area contributed by atoms with Gasteiger partial charge in [-0.1, -0.05) is 12.1 Å². The van der Waals surface area contributed by atoms with Crippen molar-refractivity contribution >= 4 is 0 Å². The minimum atomic E-state index is 0.0196. The Morgan fingerprint density at radius 2 is 1.91 bits per heavy atom. The van der Waals surface area contributed by atoms with Crippen LogP contribution in [-0.2, 0) is 6.42 Å². The predicted octanol–water partition coefficient (Wildman–Crippen LogP) is 2.83. The summed E-state index contributed by atoms with van der Waals surface area (Å²) in [6.45, 7) is 0.383. The van der Waals surface area contributed by atoms with E-state index < -0.39 is 0 Å². The van der Waals surface area contributed by atoms with E-state index in [1.807, 2.05) is 18.2 Å². The number of phenols is 2. The van der Waals surface area contributed by atoms with Crippen molar-refractivity contribution in [2.24, 2.45) is 0 Å². The molecule has 0 unspecified atom stereocenters. The average Bonchev–Trinajstić information content (AvgIpc) is 2.54. The number of ether oxygens (including phenoxy) is 3. The van der Waals surface area contributed by atoms with E-state index in [2.05, 4.69) is 0 Å². The van der Waals surface area contributed by atoms with Crippen LogP contribution < -0.4 is 14.2 Å². The smallest absolute Gasteiger partial charge is 0.201 e. The molecule has 2 aromatic carbocycles. The van der Waals surface area contributed by atoms with Gasteiger partial charge in [0.1, 0.15) is 11.5 Å². The fourth-order valence-corrected chi connectivity index (χ4v) is 2.79. The lowest BCUT2D eigenvalue weighted by Crippen LogP contribution is -2.19. The Morgan fingerprint density at radius 3 is 2.59 bits per heavy atom. The van der Waals surface area contributed by atoms with Gasteiger partial charge in [0, 0.05) is 17.5 Å². The van der Waals surface area contributed by atoms with Crippen molar-refractivity contribution in [3.8, 4) is 28.7 Å². The lowest BCUT2D eigenvalue weighted by molar-refractivity contribution is 0.243. The first-order valence-electron chi connectivity index (χ1n) is 7.02. The van der Waals surface area contributed by atoms with Crippen LogP contribution in [0.15, 0.2) is 30.3 Å². The Kier molecular flexibility index (Phi) is 3.71. The number of phenolic OH excluding ortho intramolecular Hbond substituents is 2. The van der Waals surface area contributed by atoms with Gasteiger partial charge in [-0.2, -0.15) is 0 Å². The molecule has 0 radical (unpaired) electrons. The number of rotatable bonds is 3. The maximum Gasteiger partial charge on any atom is 0.201 e. The van der Waals surface area contributed by atoms with E-state index in [1.54, 1.807) is 19.2 Å². The van der Waals surface area contributed by atoms with E-state index in [4.69, 9.17) is 14.2 Å². The molecule has 2 aromatic rings. The van der Waals surface area contributed by atoms with Crippen molar-refractivity contribution < 1.29 is 24.4 Å². The number of benzene rings is 2. The second-order valence-electron chi connectivity index (χ2n) is 5.24. The molecule has 3 rings (SSSR count). The molecule has 0 fully saturated rings. The zero-order valence-corrected chi connectivity index (χ0v) is 12.5. The van der Waals surface area contributed by atoms with Gasteiger partial charge in [0.25, 0.3) is 0 Å². The van der Waals surface area contributed by atoms with E-state index in [0.29, 0.717) is 30.3 Å². The third-order valence-corrected chi connectivity index (χ3v) is 3.97. The molecule has 0 bridgehead atoms. The normalized spacial score (nSPS) is 16.5. The maximum absolute atomic E-state index is 10.2. The van der Waals surface area contributed by atoms with E-state index in [1.165, 1.54) is 7.11 Å². The van der Waals surface area contributed by atoms with Crippen LogP contribution in [0.3, 0.4) is 0 Å². The average molecular weight is 302 g/mol. The lowest BCUT2D eigenvalue weighted by atomic mass is 9.89. The molecule has 1 aliphatic heterocycles. The molecule has 1 atom stereocenters. The summed E-state index contributed by atoms with van der Waals surface area (Å²) in [6.07, 6.45) is 0.673. The molecule has 2 N–H and O–H groups in total. The SMILES string of the molecule is COc1ccc([C@@H]2COc3c(ccc(OC)c3O)C2)c(O)c1. The first-order chi connectivity index (χ1) is 10.6. The molecular formula is C17H18O5. The second-order valence-corrected chi connectivity index (χ2v) is 5.24. The molecule has 5 nitrogen and oxygen atoms in total. The van der Waals surface area contributed by atoms with Crippen molar-refractivity contribution in [3.63, 3.8) is 0 Å². The third-order valence-electron chi connectivity index (χ3n) is 3.97. The predicted molar refractivity (Wildman–Crippen MR) is 81.3 cm³/mol. The summed E-state index contributed by atoms with van der Waals surface area (Å²) >= 11 is 0. The molecule has 22 heavy (non-hydrogen) atoms. The maximum atomic E-state index is 10.2. The quantitative estimate of drug-likeness (QED) is 0.912. The highest BCUT2D eigenvalue weighted by molar-refractivity contribution is 5.56. The summed E-state index contributed by atoms with van der Waals surface area (Å²) in [5.41, 5.74) is 1.70. The Morgan fingerprint density at radius 1 is 1.09 bits per heavy atom. The monoisotopic (exact) mass is 302 g/mol. The van der Waals surface area contributed by atoms with E-state index >= 15 is 0 Å². The molecule has 0 saturated carbocycles. The highest BCUT2D eigenvalue weighted by Crippen LogP contribution is 2.44. The summed E-state index contributed by atoms with van der Waals surface area (Å²) in [4.78, 5) is 0. The van der Waals surface area contributed by atoms with Gasteiger partial charge in [0.05, 0.1) is 20.8 Å². The molecule has 0 amide bonds. The fourth-order valence-electron chi connectivity index (χ4n) is 2.79. The van der Waals surface area contributed by atoms with Gasteiger partial charge in [-0.25, -0.2) is 0 Å². The largest absolute Gasteiger partial charge is 0.508 e. The number of hydrogen-bond acceptors (Lipinski definition) is 5. The molecule has 0 aromatic heterocycles. The van der Waals surface area contributed by atoms with Gasteiger partial charge in [0.15, 0.2) is 11.5 Å². The Balaban J connectivity index is 1.90. The van der Waals surface area contributed by atoms with E-state index in [-0.39, 0.29) is 17.4 Å². The van der Waals surface area contributed by atoms with Gasteiger partial charge in [-0.15, -0.1) is 0 Å². The zero-order chi connectivity index (χ0) is 15.7. The number of methoxy groups -OCH3 is 2. The Labute approximate surface area is 128 Å². The molecule has 116 valence electrons. The van der Waals surface area contributed by atoms with E-state index in [9.17, 15) is 10.2 Å². The van der Waals surface area contributed by atoms with Crippen LogP contribution in [0, 0.1) is 0 Å². The minimum Gasteiger partial charge on any atom is -0.508 e. The summed E-state index contributed by atoms with van der Waals surface area (Å²) in [7, 11) is 3.06. The van der Waals surface area contributed by atoms with Crippen molar-refractivity contribution in [3.05, 3.63) is 41.5 Å². The highest BCUT2D eigenvalue weighted by atomic mass is 16.5. The van der Waals surface area contributed by atoms with Crippen LogP contribution in [0.4, 0.5) is 0 Å². The molecule has 0 saturated heterocycles. The van der Waals surface area contributed by atoms with Gasteiger partial charge in [-0.05, 0) is 24.1 Å². The minimum absolute atomic E-state index is 0.0196. The van der Waals surface area contributed by atoms with Crippen molar-refractivity contribution in [1.29, 1.82) is 0 Å². The number of hydrogen-bond donors (Lipinski definition) is 2. The van der Waals surface area contributed by atoms with Crippen molar-refractivity contribution in [1.82, 2.24) is 0 Å². The van der Waals surface area contributed by atoms with E-state index in [0.717, 1.165) is 11.1 Å². The third kappa shape index (κ3) is 2.39. The highest BCUT2D eigenvalue weighted by Gasteiger charge is 2.27. The van der Waals surface area contributed by atoms with Gasteiger partial charge in [0.2, 0.25) is 5.75 Å². The fraction of sp³-hybridized carbons (Fsp3) is 0.294. The van der Waals surface area contributed by atoms with Crippen LogP contribution >= 0.6 is 0 Å². The molecule has 0 aliphatic carbocycles. The van der Waals surface area contributed by atoms with Gasteiger partial charge >= 0.3 is 0 Å². The summed E-state index contributed by atoms with van der Waals surface area (Å²) in [6, 6.07) is 8.84. The molecule has 1 heterocycles. The van der Waals surface area contributed by atoms with Gasteiger partial charge < -0.3 is 24.4 Å². The Hall–Kier alpha value is -2.56. The topological polar surface area (TPSA) is 68.2 Å². The summed E-state index contributed by atoms with van der Waals surface area (Å²) in [5, 5.41) is 20.3. The molecule has 1 aliphatic rings. The second kappa shape index (κ2) is 5.67. The molecule has 5 heteroatoms.